The van der Waals surface area contributed by atoms with E-state index in [2.05, 4.69) is 76.2 Å². The topological polar surface area (TPSA) is 138 Å². The fourth-order valence-corrected chi connectivity index (χ4v) is 9.64. The summed E-state index contributed by atoms with van der Waals surface area (Å²) < 4.78 is 1.15. The molecule has 55 heavy (non-hydrogen) atoms. The minimum absolute atomic E-state index is 0.0163. The summed E-state index contributed by atoms with van der Waals surface area (Å²) in [7, 11) is 4.25. The number of urea groups is 1. The Morgan fingerprint density at radius 3 is 2.22 bits per heavy atom. The van der Waals surface area contributed by atoms with Gasteiger partial charge in [-0.05, 0) is 121 Å². The van der Waals surface area contributed by atoms with E-state index in [-0.39, 0.29) is 42.6 Å². The van der Waals surface area contributed by atoms with Crippen LogP contribution in [0.2, 0.25) is 0 Å². The van der Waals surface area contributed by atoms with Gasteiger partial charge in [0.05, 0.1) is 12.2 Å². The van der Waals surface area contributed by atoms with Crippen LogP contribution in [0.3, 0.4) is 0 Å². The van der Waals surface area contributed by atoms with Crippen LogP contribution in [0.5, 0.6) is 0 Å². The monoisotopic (exact) mass is 885 g/mol. The molecule has 15 heteroatoms. The van der Waals surface area contributed by atoms with Crippen LogP contribution in [0.25, 0.3) is 0 Å². The summed E-state index contributed by atoms with van der Waals surface area (Å²) in [5.41, 5.74) is 8.90. The summed E-state index contributed by atoms with van der Waals surface area (Å²) in [6.07, 6.45) is 5.01. The van der Waals surface area contributed by atoms with Gasteiger partial charge in [-0.15, -0.1) is 0 Å². The fraction of sp³-hybridized carbons (Fsp3) is 0.600. The molecule has 3 saturated heterocycles. The summed E-state index contributed by atoms with van der Waals surface area (Å²) >= 11 is 6.85. The number of hydrogen-bond acceptors (Lipinski definition) is 9. The van der Waals surface area contributed by atoms with Crippen LogP contribution in [0.1, 0.15) is 54.4 Å². The Labute approximate surface area is 342 Å². The van der Waals surface area contributed by atoms with Gasteiger partial charge in [-0.1, -0.05) is 18.2 Å². The Morgan fingerprint density at radius 2 is 1.55 bits per heavy atom. The van der Waals surface area contributed by atoms with Gasteiger partial charge in [0.15, 0.2) is 5.78 Å². The highest BCUT2D eigenvalue weighted by molar-refractivity contribution is 9.11. The molecule has 4 amide bonds. The Bertz CT molecular complexity index is 1650. The first-order valence-corrected chi connectivity index (χ1v) is 21.4. The molecule has 0 unspecified atom stereocenters. The number of carbonyl (C=O) groups excluding carboxylic acids is 4. The zero-order valence-electron chi connectivity index (χ0n) is 32.3. The SMILES string of the molecule is CN(C)CCCN1CCN(C2CCN(CC(=O)N[C@@H](CC(=O)c3cc(Br)c(N)c(Br)c3)C(=O)N3CCC(N4CCc5ccccc5NC4=O)CC3)CC2)CC1. The van der Waals surface area contributed by atoms with Gasteiger partial charge in [-0.3, -0.25) is 24.2 Å². The second-order valence-electron chi connectivity index (χ2n) is 15.7. The lowest BCUT2D eigenvalue weighted by Gasteiger charge is -2.42. The largest absolute Gasteiger partial charge is 0.397 e. The molecule has 4 N–H and O–H groups in total. The number of piperidine rings is 2. The molecular weight excluding hydrogens is 830 g/mol. The number of para-hydroxylation sites is 1. The molecule has 1 atom stereocenters. The van der Waals surface area contributed by atoms with Crippen LogP contribution >= 0.6 is 31.9 Å². The predicted molar refractivity (Wildman–Crippen MR) is 223 cm³/mol. The van der Waals surface area contributed by atoms with Crippen LogP contribution in [0, 0.1) is 0 Å². The molecule has 3 fully saturated rings. The maximum atomic E-state index is 14.2. The Morgan fingerprint density at radius 1 is 0.891 bits per heavy atom. The molecule has 13 nitrogen and oxygen atoms in total. The van der Waals surface area contributed by atoms with Crippen LogP contribution in [-0.2, 0) is 16.0 Å². The number of nitrogen functional groups attached to an aromatic ring is 1. The summed E-state index contributed by atoms with van der Waals surface area (Å²) in [6, 6.07) is 10.5. The molecular formula is C40H57Br2N9O4. The molecule has 4 aliphatic rings. The zero-order chi connectivity index (χ0) is 39.1. The number of amides is 4. The van der Waals surface area contributed by atoms with Crippen LogP contribution in [0.4, 0.5) is 16.2 Å². The van der Waals surface area contributed by atoms with Crippen LogP contribution in [-0.4, -0.2) is 164 Å². The molecule has 4 aliphatic heterocycles. The van der Waals surface area contributed by atoms with Crippen LogP contribution < -0.4 is 16.4 Å². The van der Waals surface area contributed by atoms with Crippen molar-refractivity contribution in [3.8, 4) is 0 Å². The summed E-state index contributed by atoms with van der Waals surface area (Å²) in [5, 5.41) is 6.02. The highest BCUT2D eigenvalue weighted by Gasteiger charge is 2.35. The number of nitrogens with zero attached hydrogens (tertiary/aromatic N) is 6. The lowest BCUT2D eigenvalue weighted by molar-refractivity contribution is -0.138. The number of rotatable bonds is 13. The molecule has 0 spiro atoms. The number of hydrogen-bond donors (Lipinski definition) is 3. The van der Waals surface area contributed by atoms with Gasteiger partial charge in [-0.2, -0.15) is 0 Å². The Kier molecular flexibility index (Phi) is 14.6. The van der Waals surface area contributed by atoms with E-state index in [1.54, 1.807) is 17.0 Å². The van der Waals surface area contributed by atoms with Gasteiger partial charge in [0.2, 0.25) is 11.8 Å². The highest BCUT2D eigenvalue weighted by atomic mass is 79.9. The molecule has 0 aliphatic carbocycles. The number of halogens is 2. The summed E-state index contributed by atoms with van der Waals surface area (Å²) in [4.78, 5) is 67.9. The third kappa shape index (κ3) is 11.1. The molecule has 300 valence electrons. The quantitative estimate of drug-likeness (QED) is 0.202. The van der Waals surface area contributed by atoms with Gasteiger partial charge < -0.3 is 36.0 Å². The van der Waals surface area contributed by atoms with E-state index in [1.165, 1.54) is 6.42 Å². The average molecular weight is 888 g/mol. The van der Waals surface area contributed by atoms with Crippen molar-refractivity contribution in [3.05, 3.63) is 56.5 Å². The van der Waals surface area contributed by atoms with Gasteiger partial charge in [0.25, 0.3) is 0 Å². The van der Waals surface area contributed by atoms with Crippen LogP contribution in [0.15, 0.2) is 45.3 Å². The minimum Gasteiger partial charge on any atom is -0.397 e. The zero-order valence-corrected chi connectivity index (χ0v) is 35.5. The van der Waals surface area contributed by atoms with Gasteiger partial charge >= 0.3 is 6.03 Å². The van der Waals surface area contributed by atoms with E-state index in [1.807, 2.05) is 29.2 Å². The highest BCUT2D eigenvalue weighted by Crippen LogP contribution is 2.31. The first kappa shape index (κ1) is 41.6. The van der Waals surface area contributed by atoms with E-state index >= 15 is 0 Å². The standard InChI is InChI=1S/C40H57Br2N9O4/c1-46(2)13-5-14-47-20-22-49(23-21-47)30-9-15-48(16-10-30)27-37(53)44-35(26-36(52)29-24-32(41)38(43)33(42)25-29)39(54)50-17-11-31(12-18-50)51-19-8-28-6-3-4-7-34(28)45-40(51)55/h3-4,6-7,24-25,30-31,35H,5,8-23,26-27,43H2,1-2H3,(H,44,53)(H,45,55)/t35-/m0/s1. The first-order valence-electron chi connectivity index (χ1n) is 19.8. The fourth-order valence-electron chi connectivity index (χ4n) is 8.45. The second-order valence-corrected chi connectivity index (χ2v) is 17.4. The van der Waals surface area contributed by atoms with Crippen molar-refractivity contribution in [2.24, 2.45) is 0 Å². The van der Waals surface area contributed by atoms with Crippen molar-refractivity contribution >= 4 is 66.9 Å². The number of anilines is 2. The van der Waals surface area contributed by atoms with E-state index in [9.17, 15) is 19.2 Å². The third-order valence-corrected chi connectivity index (χ3v) is 13.0. The Balaban J connectivity index is 1.03. The number of fused-ring (bicyclic) bond motifs is 1. The Hall–Kier alpha value is -3.08. The smallest absolute Gasteiger partial charge is 0.322 e. The third-order valence-electron chi connectivity index (χ3n) is 11.7. The van der Waals surface area contributed by atoms with Crippen molar-refractivity contribution in [3.63, 3.8) is 0 Å². The van der Waals surface area contributed by atoms with Crippen molar-refractivity contribution < 1.29 is 19.2 Å². The van der Waals surface area contributed by atoms with Crippen molar-refractivity contribution in [1.29, 1.82) is 0 Å². The van der Waals surface area contributed by atoms with E-state index in [0.717, 1.165) is 82.9 Å². The minimum atomic E-state index is -1.02. The lowest BCUT2D eigenvalue weighted by Crippen LogP contribution is -2.56. The van der Waals surface area contributed by atoms with Crippen molar-refractivity contribution in [2.75, 3.05) is 104 Å². The number of ketones is 1. The molecule has 0 bridgehead atoms. The second kappa shape index (κ2) is 19.4. The lowest BCUT2D eigenvalue weighted by atomic mass is 9.99. The number of nitrogens with one attached hydrogen (secondary N) is 2. The van der Waals surface area contributed by atoms with Gasteiger partial charge in [0.1, 0.15) is 6.04 Å². The van der Waals surface area contributed by atoms with E-state index in [0.29, 0.717) is 58.7 Å². The number of piperazine rings is 1. The molecule has 0 radical (unpaired) electrons. The first-order chi connectivity index (χ1) is 26.4. The maximum absolute atomic E-state index is 14.2. The predicted octanol–water partition coefficient (Wildman–Crippen LogP) is 3.97. The van der Waals surface area contributed by atoms with Crippen molar-refractivity contribution in [1.82, 2.24) is 34.7 Å². The normalized spacial score (nSPS) is 20.2. The maximum Gasteiger partial charge on any atom is 0.322 e. The molecule has 2 aromatic rings. The number of benzene rings is 2. The average Bonchev–Trinajstić information content (AvgIpc) is 3.34. The number of Topliss-reactive ketones (excluding diaryl/α,β-unsaturated/α-hetero) is 1. The molecule has 4 heterocycles. The number of nitrogens with two attached hydrogens (primary N) is 1. The van der Waals surface area contributed by atoms with E-state index in [4.69, 9.17) is 5.73 Å². The van der Waals surface area contributed by atoms with Crippen molar-refractivity contribution in [2.45, 2.75) is 63.1 Å². The number of carbonyl (C=O) groups is 4. The van der Waals surface area contributed by atoms with E-state index < -0.39 is 6.04 Å². The molecule has 2 aromatic carbocycles. The van der Waals surface area contributed by atoms with Gasteiger partial charge in [0, 0.05) is 97.6 Å². The molecule has 0 aromatic heterocycles. The summed E-state index contributed by atoms with van der Waals surface area (Å²) in [5.74, 6) is -0.804. The molecule has 6 rings (SSSR count). The number of likely N-dealkylation sites (tertiary alicyclic amines) is 2. The summed E-state index contributed by atoms with van der Waals surface area (Å²) in [6.45, 7) is 9.91. The van der Waals surface area contributed by atoms with Gasteiger partial charge in [-0.25, -0.2) is 4.79 Å². The molecule has 0 saturated carbocycles.